The number of carbonyl (C=O) groups is 3. The fourth-order valence-corrected chi connectivity index (χ4v) is 1.72. The van der Waals surface area contributed by atoms with Gasteiger partial charge >= 0.3 is 0 Å². The predicted octanol–water partition coefficient (Wildman–Crippen LogP) is 1.19. The van der Waals surface area contributed by atoms with E-state index in [9.17, 15) is 14.4 Å². The number of nitrogens with one attached hydrogen (secondary N) is 2. The maximum atomic E-state index is 12.0. The molecule has 0 aliphatic carbocycles. The Labute approximate surface area is 123 Å². The highest BCUT2D eigenvalue weighted by molar-refractivity contribution is 5.98. The second kappa shape index (κ2) is 7.84. The van der Waals surface area contributed by atoms with Gasteiger partial charge in [-0.1, -0.05) is 6.08 Å². The first-order valence-electron chi connectivity index (χ1n) is 6.52. The van der Waals surface area contributed by atoms with Gasteiger partial charge in [0.05, 0.1) is 0 Å². The van der Waals surface area contributed by atoms with Crippen molar-refractivity contribution in [3.63, 3.8) is 0 Å². The molecule has 0 unspecified atom stereocenters. The molecular formula is C15H19N3O3. The van der Waals surface area contributed by atoms with Crippen LogP contribution in [0.25, 0.3) is 0 Å². The number of primary amides is 1. The number of amides is 3. The summed E-state index contributed by atoms with van der Waals surface area (Å²) < 4.78 is 0. The average Bonchev–Trinajstić information content (AvgIpc) is 2.43. The summed E-state index contributed by atoms with van der Waals surface area (Å²) in [6, 6.07) is 5.61. The molecule has 112 valence electrons. The molecule has 1 aromatic rings. The first kappa shape index (κ1) is 16.4. The second-order valence-electron chi connectivity index (χ2n) is 4.55. The van der Waals surface area contributed by atoms with E-state index in [1.807, 2.05) is 0 Å². The molecule has 0 saturated heterocycles. The number of allylic oxidation sites excluding steroid dienone is 1. The van der Waals surface area contributed by atoms with Crippen LogP contribution in [0.3, 0.4) is 0 Å². The Morgan fingerprint density at radius 3 is 2.38 bits per heavy atom. The van der Waals surface area contributed by atoms with E-state index >= 15 is 0 Å². The molecule has 0 aliphatic heterocycles. The topological polar surface area (TPSA) is 101 Å². The molecule has 0 aliphatic rings. The number of anilines is 1. The number of hydrogen-bond donors (Lipinski definition) is 3. The van der Waals surface area contributed by atoms with Crippen molar-refractivity contribution in [3.05, 3.63) is 42.5 Å². The maximum Gasteiger partial charge on any atom is 0.251 e. The summed E-state index contributed by atoms with van der Waals surface area (Å²) >= 11 is 0. The van der Waals surface area contributed by atoms with Gasteiger partial charge in [0.2, 0.25) is 11.8 Å². The number of hydrogen-bond acceptors (Lipinski definition) is 3. The zero-order valence-electron chi connectivity index (χ0n) is 11.9. The van der Waals surface area contributed by atoms with E-state index in [4.69, 9.17) is 5.73 Å². The van der Waals surface area contributed by atoms with E-state index in [1.165, 1.54) is 6.92 Å². The van der Waals surface area contributed by atoms with Crippen molar-refractivity contribution in [3.8, 4) is 0 Å². The van der Waals surface area contributed by atoms with Gasteiger partial charge < -0.3 is 16.4 Å². The van der Waals surface area contributed by atoms with Gasteiger partial charge in [0.15, 0.2) is 0 Å². The van der Waals surface area contributed by atoms with Gasteiger partial charge in [0.1, 0.15) is 6.04 Å². The second-order valence-corrected chi connectivity index (χ2v) is 4.55. The molecule has 6 nitrogen and oxygen atoms in total. The number of nitrogens with two attached hydrogens (primary N) is 1. The Morgan fingerprint density at radius 2 is 1.90 bits per heavy atom. The maximum absolute atomic E-state index is 12.0. The van der Waals surface area contributed by atoms with Gasteiger partial charge in [-0.05, 0) is 37.1 Å². The molecule has 0 heterocycles. The van der Waals surface area contributed by atoms with Crippen molar-refractivity contribution in [2.75, 3.05) is 5.32 Å². The lowest BCUT2D eigenvalue weighted by molar-refractivity contribution is -0.120. The van der Waals surface area contributed by atoms with Crippen LogP contribution in [0, 0.1) is 0 Å². The standard InChI is InChI=1S/C15H19N3O3/c1-3-4-5-13(14(16)20)18-15(21)11-6-8-12(9-7-11)17-10(2)19/h3,6-9,13H,1,4-5H2,2H3,(H2,16,20)(H,17,19)(H,18,21)/t13-/m0/s1. The molecule has 4 N–H and O–H groups in total. The number of benzene rings is 1. The van der Waals surface area contributed by atoms with Crippen molar-refractivity contribution in [2.24, 2.45) is 5.73 Å². The third-order valence-corrected chi connectivity index (χ3v) is 2.78. The van der Waals surface area contributed by atoms with Gasteiger partial charge in [-0.25, -0.2) is 0 Å². The first-order chi connectivity index (χ1) is 9.93. The quantitative estimate of drug-likeness (QED) is 0.657. The minimum Gasteiger partial charge on any atom is -0.368 e. The smallest absolute Gasteiger partial charge is 0.251 e. The van der Waals surface area contributed by atoms with Crippen LogP contribution in [-0.2, 0) is 9.59 Å². The summed E-state index contributed by atoms with van der Waals surface area (Å²) in [7, 11) is 0. The fourth-order valence-electron chi connectivity index (χ4n) is 1.72. The lowest BCUT2D eigenvalue weighted by atomic mass is 10.1. The Hall–Kier alpha value is -2.63. The molecule has 0 saturated carbocycles. The third-order valence-electron chi connectivity index (χ3n) is 2.78. The molecule has 1 aromatic carbocycles. The van der Waals surface area contributed by atoms with Crippen molar-refractivity contribution < 1.29 is 14.4 Å². The minimum absolute atomic E-state index is 0.189. The summed E-state index contributed by atoms with van der Waals surface area (Å²) in [5, 5.41) is 5.18. The van der Waals surface area contributed by atoms with E-state index in [-0.39, 0.29) is 5.91 Å². The van der Waals surface area contributed by atoms with Crippen LogP contribution >= 0.6 is 0 Å². The molecule has 0 spiro atoms. The molecule has 0 fully saturated rings. The van der Waals surface area contributed by atoms with Crippen molar-refractivity contribution in [1.29, 1.82) is 0 Å². The lowest BCUT2D eigenvalue weighted by Gasteiger charge is -2.14. The zero-order chi connectivity index (χ0) is 15.8. The molecule has 6 heteroatoms. The van der Waals surface area contributed by atoms with Gasteiger partial charge in [-0.2, -0.15) is 0 Å². The zero-order valence-corrected chi connectivity index (χ0v) is 11.9. The van der Waals surface area contributed by atoms with Crippen LogP contribution in [0.15, 0.2) is 36.9 Å². The van der Waals surface area contributed by atoms with Gasteiger partial charge in [0.25, 0.3) is 5.91 Å². The molecule has 21 heavy (non-hydrogen) atoms. The normalized spacial score (nSPS) is 11.3. The first-order valence-corrected chi connectivity index (χ1v) is 6.52. The summed E-state index contributed by atoms with van der Waals surface area (Å²) in [6.07, 6.45) is 2.65. The Morgan fingerprint density at radius 1 is 1.29 bits per heavy atom. The molecule has 0 aromatic heterocycles. The Kier molecular flexibility index (Phi) is 6.13. The van der Waals surface area contributed by atoms with E-state index < -0.39 is 17.9 Å². The third kappa shape index (κ3) is 5.48. The van der Waals surface area contributed by atoms with Gasteiger partial charge in [-0.15, -0.1) is 6.58 Å². The highest BCUT2D eigenvalue weighted by Crippen LogP contribution is 2.10. The van der Waals surface area contributed by atoms with E-state index in [0.29, 0.717) is 24.1 Å². The highest BCUT2D eigenvalue weighted by atomic mass is 16.2. The predicted molar refractivity (Wildman–Crippen MR) is 80.6 cm³/mol. The van der Waals surface area contributed by atoms with E-state index in [1.54, 1.807) is 30.3 Å². The Balaban J connectivity index is 2.71. The summed E-state index contributed by atoms with van der Waals surface area (Å²) in [5.74, 6) is -1.16. The highest BCUT2D eigenvalue weighted by Gasteiger charge is 2.18. The van der Waals surface area contributed by atoms with Gasteiger partial charge in [-0.3, -0.25) is 14.4 Å². The van der Waals surface area contributed by atoms with Crippen LogP contribution in [0.2, 0.25) is 0 Å². The monoisotopic (exact) mass is 289 g/mol. The SMILES string of the molecule is C=CCC[C@H](NC(=O)c1ccc(NC(C)=O)cc1)C(N)=O. The summed E-state index contributed by atoms with van der Waals surface area (Å²) in [5.41, 5.74) is 6.23. The lowest BCUT2D eigenvalue weighted by Crippen LogP contribution is -2.44. The van der Waals surface area contributed by atoms with Crippen LogP contribution in [0.1, 0.15) is 30.1 Å². The minimum atomic E-state index is -0.731. The number of rotatable bonds is 7. The molecule has 1 atom stereocenters. The molecule has 3 amide bonds. The summed E-state index contributed by atoms with van der Waals surface area (Å²) in [4.78, 5) is 34.2. The molecule has 1 rings (SSSR count). The van der Waals surface area contributed by atoms with Crippen molar-refractivity contribution >= 4 is 23.4 Å². The van der Waals surface area contributed by atoms with Crippen LogP contribution in [0.4, 0.5) is 5.69 Å². The summed E-state index contributed by atoms with van der Waals surface area (Å²) in [6.45, 7) is 4.96. The molecule has 0 radical (unpaired) electrons. The fraction of sp³-hybridized carbons (Fsp3) is 0.267. The van der Waals surface area contributed by atoms with Crippen molar-refractivity contribution in [1.82, 2.24) is 5.32 Å². The van der Waals surface area contributed by atoms with E-state index in [2.05, 4.69) is 17.2 Å². The largest absolute Gasteiger partial charge is 0.368 e. The van der Waals surface area contributed by atoms with Crippen LogP contribution in [-0.4, -0.2) is 23.8 Å². The van der Waals surface area contributed by atoms with E-state index in [0.717, 1.165) is 0 Å². The molecule has 0 bridgehead atoms. The number of carbonyl (C=O) groups excluding carboxylic acids is 3. The van der Waals surface area contributed by atoms with Crippen LogP contribution in [0.5, 0.6) is 0 Å². The van der Waals surface area contributed by atoms with Crippen LogP contribution < -0.4 is 16.4 Å². The average molecular weight is 289 g/mol. The Bertz CT molecular complexity index is 538. The van der Waals surface area contributed by atoms with Crippen molar-refractivity contribution in [2.45, 2.75) is 25.8 Å². The van der Waals surface area contributed by atoms with Gasteiger partial charge in [0, 0.05) is 18.2 Å². The molecular weight excluding hydrogens is 270 g/mol.